The fraction of sp³-hybridized carbons (Fsp3) is 0.476. The summed E-state index contributed by atoms with van der Waals surface area (Å²) in [5.74, 6) is 0.0765. The Bertz CT molecular complexity index is 951. The Hall–Kier alpha value is -2.71. The van der Waals surface area contributed by atoms with Crippen LogP contribution in [0.25, 0.3) is 10.9 Å². The first-order chi connectivity index (χ1) is 14.2. The van der Waals surface area contributed by atoms with Crippen LogP contribution >= 0.6 is 0 Å². The van der Waals surface area contributed by atoms with E-state index in [1.165, 1.54) is 0 Å². The van der Waals surface area contributed by atoms with Gasteiger partial charge in [-0.1, -0.05) is 18.2 Å². The van der Waals surface area contributed by atoms with Crippen LogP contribution in [0.2, 0.25) is 0 Å². The van der Waals surface area contributed by atoms with Crippen molar-refractivity contribution in [2.45, 2.75) is 19.4 Å². The lowest BCUT2D eigenvalue weighted by Crippen LogP contribution is -2.52. The first-order valence-electron chi connectivity index (χ1n) is 10.2. The molecule has 29 heavy (non-hydrogen) atoms. The number of ether oxygens (including phenoxy) is 1. The lowest BCUT2D eigenvalue weighted by Gasteiger charge is -2.43. The summed E-state index contributed by atoms with van der Waals surface area (Å²) in [4.78, 5) is 20.9. The Kier molecular flexibility index (Phi) is 4.81. The summed E-state index contributed by atoms with van der Waals surface area (Å²) in [7, 11) is 0. The van der Waals surface area contributed by atoms with Gasteiger partial charge in [-0.05, 0) is 25.0 Å². The van der Waals surface area contributed by atoms with E-state index in [0.717, 1.165) is 62.2 Å². The third-order valence-electron chi connectivity index (χ3n) is 6.08. The summed E-state index contributed by atoms with van der Waals surface area (Å²) < 4.78 is 5.99. The molecule has 2 saturated heterocycles. The topological polar surface area (TPSA) is 90.1 Å². The second kappa shape index (κ2) is 7.61. The van der Waals surface area contributed by atoms with Gasteiger partial charge in [-0.2, -0.15) is 15.4 Å². The molecule has 2 aliphatic heterocycles. The molecule has 0 saturated carbocycles. The molecular weight excluding hydrogens is 368 g/mol. The second-order valence-corrected chi connectivity index (χ2v) is 8.33. The van der Waals surface area contributed by atoms with Gasteiger partial charge in [-0.25, -0.2) is 0 Å². The number of para-hydroxylation sites is 1. The van der Waals surface area contributed by atoms with Crippen molar-refractivity contribution in [1.82, 2.24) is 30.2 Å². The van der Waals surface area contributed by atoms with Crippen molar-refractivity contribution in [2.75, 3.05) is 39.4 Å². The van der Waals surface area contributed by atoms with Crippen molar-refractivity contribution < 1.29 is 9.53 Å². The van der Waals surface area contributed by atoms with Crippen LogP contribution in [-0.2, 0) is 11.3 Å². The average molecular weight is 394 g/mol. The highest BCUT2D eigenvalue weighted by Crippen LogP contribution is 2.34. The van der Waals surface area contributed by atoms with Crippen LogP contribution < -0.4 is 0 Å². The summed E-state index contributed by atoms with van der Waals surface area (Å²) >= 11 is 0. The Morgan fingerprint density at radius 1 is 1.24 bits per heavy atom. The van der Waals surface area contributed by atoms with Crippen LogP contribution in [0.4, 0.5) is 0 Å². The molecule has 5 rings (SSSR count). The monoisotopic (exact) mass is 394 g/mol. The number of likely N-dealkylation sites (tertiary alicyclic amines) is 1. The molecule has 2 aromatic heterocycles. The van der Waals surface area contributed by atoms with E-state index in [1.54, 1.807) is 6.20 Å². The number of hydrogen-bond acceptors (Lipinski definition) is 5. The molecule has 2 aliphatic rings. The van der Waals surface area contributed by atoms with E-state index in [-0.39, 0.29) is 11.3 Å². The van der Waals surface area contributed by atoms with Gasteiger partial charge in [-0.15, -0.1) is 0 Å². The summed E-state index contributed by atoms with van der Waals surface area (Å²) in [6, 6.07) is 9.97. The molecule has 1 atom stereocenters. The molecule has 3 aromatic rings. The number of aromatic amines is 2. The van der Waals surface area contributed by atoms with Crippen LogP contribution in [0, 0.1) is 5.41 Å². The standard InChI is InChI=1S/C21H26N6O2/c28-20(19-10-16-4-1-2-5-18(16)23-19)27-7-3-6-21(14-27)13-26(8-9-29-15-21)12-17-11-22-25-24-17/h1-2,4-5,10-11,23H,3,6-9,12-15H2,(H,22,24,25). The van der Waals surface area contributed by atoms with Crippen molar-refractivity contribution >= 4 is 16.8 Å². The summed E-state index contributed by atoms with van der Waals surface area (Å²) in [5.41, 5.74) is 2.56. The number of carbonyl (C=O) groups excluding carboxylic acids is 1. The normalized spacial score (nSPS) is 23.5. The van der Waals surface area contributed by atoms with Gasteiger partial charge in [-0.3, -0.25) is 9.69 Å². The quantitative estimate of drug-likeness (QED) is 0.710. The minimum absolute atomic E-state index is 0.0415. The molecule has 0 radical (unpaired) electrons. The van der Waals surface area contributed by atoms with Crippen LogP contribution in [0.3, 0.4) is 0 Å². The Morgan fingerprint density at radius 3 is 3.03 bits per heavy atom. The first kappa shape index (κ1) is 18.3. The highest BCUT2D eigenvalue weighted by Gasteiger charge is 2.40. The Balaban J connectivity index is 1.33. The smallest absolute Gasteiger partial charge is 0.270 e. The largest absolute Gasteiger partial charge is 0.379 e. The molecule has 8 nitrogen and oxygen atoms in total. The Labute approximate surface area is 169 Å². The van der Waals surface area contributed by atoms with Gasteiger partial charge in [0.2, 0.25) is 0 Å². The maximum atomic E-state index is 13.2. The van der Waals surface area contributed by atoms with E-state index in [0.29, 0.717) is 18.9 Å². The van der Waals surface area contributed by atoms with E-state index in [4.69, 9.17) is 4.74 Å². The number of nitrogens with zero attached hydrogens (tertiary/aromatic N) is 4. The molecule has 1 amide bonds. The fourth-order valence-corrected chi connectivity index (χ4v) is 4.73. The van der Waals surface area contributed by atoms with Gasteiger partial charge in [0.05, 0.1) is 25.1 Å². The van der Waals surface area contributed by atoms with E-state index in [2.05, 4.69) is 25.3 Å². The van der Waals surface area contributed by atoms with Gasteiger partial charge >= 0.3 is 0 Å². The number of hydrogen-bond donors (Lipinski definition) is 2. The van der Waals surface area contributed by atoms with Crippen LogP contribution in [-0.4, -0.2) is 75.5 Å². The zero-order valence-corrected chi connectivity index (χ0v) is 16.4. The summed E-state index contributed by atoms with van der Waals surface area (Å²) in [6.07, 6.45) is 3.83. The molecule has 0 aliphatic carbocycles. The number of H-pyrrole nitrogens is 2. The lowest BCUT2D eigenvalue weighted by molar-refractivity contribution is 0.00670. The Morgan fingerprint density at radius 2 is 2.17 bits per heavy atom. The number of benzene rings is 1. The molecule has 4 heterocycles. The first-order valence-corrected chi connectivity index (χ1v) is 10.2. The number of amides is 1. The highest BCUT2D eigenvalue weighted by atomic mass is 16.5. The number of fused-ring (bicyclic) bond motifs is 1. The molecule has 2 fully saturated rings. The molecule has 2 N–H and O–H groups in total. The van der Waals surface area contributed by atoms with Gasteiger partial charge in [0, 0.05) is 49.0 Å². The molecule has 152 valence electrons. The third kappa shape index (κ3) is 3.77. The maximum absolute atomic E-state index is 13.2. The van der Waals surface area contributed by atoms with Gasteiger partial charge < -0.3 is 14.6 Å². The number of nitrogens with one attached hydrogen (secondary N) is 2. The molecular formula is C21H26N6O2. The summed E-state index contributed by atoms with van der Waals surface area (Å²) in [5, 5.41) is 11.9. The van der Waals surface area contributed by atoms with Crippen LogP contribution in [0.15, 0.2) is 36.5 Å². The average Bonchev–Trinajstić information content (AvgIpc) is 3.36. The molecule has 1 spiro atoms. The van der Waals surface area contributed by atoms with Gasteiger partial charge in [0.25, 0.3) is 5.91 Å². The minimum Gasteiger partial charge on any atom is -0.379 e. The lowest BCUT2D eigenvalue weighted by atomic mass is 9.80. The van der Waals surface area contributed by atoms with Gasteiger partial charge in [0.15, 0.2) is 0 Å². The SMILES string of the molecule is O=C(c1cc2ccccc2[nH]1)N1CCCC2(COCCN(Cc3cn[nH]n3)C2)C1. The summed E-state index contributed by atoms with van der Waals surface area (Å²) in [6.45, 7) is 5.42. The zero-order chi connectivity index (χ0) is 19.7. The van der Waals surface area contributed by atoms with Crippen molar-refractivity contribution in [1.29, 1.82) is 0 Å². The van der Waals surface area contributed by atoms with Crippen LogP contribution in [0.1, 0.15) is 29.0 Å². The molecule has 1 aromatic carbocycles. The van der Waals surface area contributed by atoms with E-state index < -0.39 is 0 Å². The predicted molar refractivity (Wildman–Crippen MR) is 108 cm³/mol. The maximum Gasteiger partial charge on any atom is 0.270 e. The zero-order valence-electron chi connectivity index (χ0n) is 16.4. The van der Waals surface area contributed by atoms with Crippen molar-refractivity contribution in [2.24, 2.45) is 5.41 Å². The fourth-order valence-electron chi connectivity index (χ4n) is 4.73. The predicted octanol–water partition coefficient (Wildman–Crippen LogP) is 2.04. The van der Waals surface area contributed by atoms with Gasteiger partial charge in [0.1, 0.15) is 5.69 Å². The van der Waals surface area contributed by atoms with Crippen molar-refractivity contribution in [3.8, 4) is 0 Å². The number of aromatic nitrogens is 4. The third-order valence-corrected chi connectivity index (χ3v) is 6.08. The molecule has 0 bridgehead atoms. The van der Waals surface area contributed by atoms with E-state index in [1.807, 2.05) is 35.2 Å². The van der Waals surface area contributed by atoms with Crippen LogP contribution in [0.5, 0.6) is 0 Å². The number of carbonyl (C=O) groups is 1. The van der Waals surface area contributed by atoms with Crippen molar-refractivity contribution in [3.05, 3.63) is 47.9 Å². The molecule has 1 unspecified atom stereocenters. The number of rotatable bonds is 3. The molecule has 8 heteroatoms. The number of piperidine rings is 1. The van der Waals surface area contributed by atoms with E-state index in [9.17, 15) is 4.79 Å². The van der Waals surface area contributed by atoms with Crippen molar-refractivity contribution in [3.63, 3.8) is 0 Å². The highest BCUT2D eigenvalue weighted by molar-refractivity contribution is 5.98. The second-order valence-electron chi connectivity index (χ2n) is 8.33. The van der Waals surface area contributed by atoms with E-state index >= 15 is 0 Å². The minimum atomic E-state index is -0.0415.